The summed E-state index contributed by atoms with van der Waals surface area (Å²) >= 11 is 0. The van der Waals surface area contributed by atoms with Gasteiger partial charge in [-0.3, -0.25) is 0 Å². The van der Waals surface area contributed by atoms with Crippen LogP contribution in [0.5, 0.6) is 0 Å². The molecule has 2 heteroatoms. The Hall–Kier alpha value is -0.0800. The molecule has 0 bridgehead atoms. The van der Waals surface area contributed by atoms with Crippen molar-refractivity contribution in [2.45, 2.75) is 31.3 Å². The van der Waals surface area contributed by atoms with Gasteiger partial charge in [-0.1, -0.05) is 6.42 Å². The third kappa shape index (κ3) is 1.94. The van der Waals surface area contributed by atoms with Crippen molar-refractivity contribution >= 4 is 0 Å². The Labute approximate surface area is 70.2 Å². The van der Waals surface area contributed by atoms with E-state index in [1.807, 2.05) is 0 Å². The third-order valence-corrected chi connectivity index (χ3v) is 2.77. The molecule has 0 N–H and O–H groups in total. The van der Waals surface area contributed by atoms with E-state index in [1.165, 1.54) is 19.3 Å². The largest absolute Gasteiger partial charge is 0.305 e. The summed E-state index contributed by atoms with van der Waals surface area (Å²) in [7, 11) is 8.75. The van der Waals surface area contributed by atoms with Gasteiger partial charge < -0.3 is 9.80 Å². The quantitative estimate of drug-likeness (QED) is 0.589. The second kappa shape index (κ2) is 3.55. The monoisotopic (exact) mass is 156 g/mol. The van der Waals surface area contributed by atoms with E-state index >= 15 is 0 Å². The fourth-order valence-electron chi connectivity index (χ4n) is 2.13. The van der Waals surface area contributed by atoms with Crippen LogP contribution in [0, 0.1) is 0 Å². The lowest BCUT2D eigenvalue weighted by Crippen LogP contribution is -2.42. The molecular formula is C9H20N2. The molecule has 2 atom stereocenters. The van der Waals surface area contributed by atoms with Gasteiger partial charge in [-0.2, -0.15) is 0 Å². The van der Waals surface area contributed by atoms with E-state index < -0.39 is 0 Å². The molecule has 11 heavy (non-hydrogen) atoms. The molecule has 66 valence electrons. The van der Waals surface area contributed by atoms with E-state index in [1.54, 1.807) is 0 Å². The SMILES string of the molecule is CN(C)[C@H]1CCC[C@@H]1N(C)C. The van der Waals surface area contributed by atoms with Crippen LogP contribution in [0.15, 0.2) is 0 Å². The number of hydrogen-bond acceptors (Lipinski definition) is 2. The van der Waals surface area contributed by atoms with Crippen molar-refractivity contribution in [3.8, 4) is 0 Å². The molecule has 1 aliphatic rings. The molecule has 1 rings (SSSR count). The first-order chi connectivity index (χ1) is 5.13. The first kappa shape index (κ1) is 9.01. The van der Waals surface area contributed by atoms with Crippen LogP contribution in [-0.4, -0.2) is 50.1 Å². The first-order valence-electron chi connectivity index (χ1n) is 4.46. The fraction of sp³-hybridized carbons (Fsp3) is 1.00. The van der Waals surface area contributed by atoms with Crippen molar-refractivity contribution in [1.82, 2.24) is 9.80 Å². The molecule has 1 saturated carbocycles. The summed E-state index contributed by atoms with van der Waals surface area (Å²) in [6.45, 7) is 0. The maximum Gasteiger partial charge on any atom is 0.0245 e. The number of rotatable bonds is 2. The molecule has 1 fully saturated rings. The smallest absolute Gasteiger partial charge is 0.0245 e. The second-order valence-electron chi connectivity index (χ2n) is 3.99. The highest BCUT2D eigenvalue weighted by Crippen LogP contribution is 2.25. The van der Waals surface area contributed by atoms with Gasteiger partial charge in [-0.05, 0) is 41.0 Å². The predicted molar refractivity (Wildman–Crippen MR) is 48.8 cm³/mol. The van der Waals surface area contributed by atoms with Crippen molar-refractivity contribution in [3.05, 3.63) is 0 Å². The molecule has 2 nitrogen and oxygen atoms in total. The van der Waals surface area contributed by atoms with Gasteiger partial charge in [0.25, 0.3) is 0 Å². The molecule has 1 aliphatic carbocycles. The average molecular weight is 156 g/mol. The van der Waals surface area contributed by atoms with Crippen LogP contribution in [-0.2, 0) is 0 Å². The lowest BCUT2D eigenvalue weighted by Gasteiger charge is -2.30. The van der Waals surface area contributed by atoms with Crippen molar-refractivity contribution in [1.29, 1.82) is 0 Å². The van der Waals surface area contributed by atoms with Gasteiger partial charge in [-0.25, -0.2) is 0 Å². The Morgan fingerprint density at radius 1 is 0.818 bits per heavy atom. The van der Waals surface area contributed by atoms with E-state index in [-0.39, 0.29) is 0 Å². The first-order valence-corrected chi connectivity index (χ1v) is 4.46. The van der Waals surface area contributed by atoms with Gasteiger partial charge in [0.15, 0.2) is 0 Å². The van der Waals surface area contributed by atoms with Gasteiger partial charge in [-0.15, -0.1) is 0 Å². The van der Waals surface area contributed by atoms with Gasteiger partial charge in [0, 0.05) is 12.1 Å². The summed E-state index contributed by atoms with van der Waals surface area (Å²) in [5.41, 5.74) is 0. The molecular weight excluding hydrogens is 136 g/mol. The molecule has 0 heterocycles. The van der Waals surface area contributed by atoms with Gasteiger partial charge in [0.05, 0.1) is 0 Å². The van der Waals surface area contributed by atoms with E-state index in [2.05, 4.69) is 38.0 Å². The summed E-state index contributed by atoms with van der Waals surface area (Å²) in [5.74, 6) is 0. The minimum Gasteiger partial charge on any atom is -0.305 e. The third-order valence-electron chi connectivity index (χ3n) is 2.77. The van der Waals surface area contributed by atoms with E-state index in [0.29, 0.717) is 0 Å². The predicted octanol–water partition coefficient (Wildman–Crippen LogP) is 1.03. The lowest BCUT2D eigenvalue weighted by molar-refractivity contribution is 0.176. The van der Waals surface area contributed by atoms with Crippen LogP contribution in [0.1, 0.15) is 19.3 Å². The Kier molecular flexibility index (Phi) is 2.90. The fourth-order valence-corrected chi connectivity index (χ4v) is 2.13. The summed E-state index contributed by atoms with van der Waals surface area (Å²) in [6.07, 6.45) is 4.14. The van der Waals surface area contributed by atoms with Crippen molar-refractivity contribution < 1.29 is 0 Å². The summed E-state index contributed by atoms with van der Waals surface area (Å²) in [4.78, 5) is 4.72. The van der Waals surface area contributed by atoms with Crippen LogP contribution in [0.4, 0.5) is 0 Å². The lowest BCUT2D eigenvalue weighted by atomic mass is 10.1. The summed E-state index contributed by atoms with van der Waals surface area (Å²) in [6, 6.07) is 1.56. The zero-order valence-electron chi connectivity index (χ0n) is 8.17. The molecule has 0 aromatic rings. The van der Waals surface area contributed by atoms with Gasteiger partial charge in [0.2, 0.25) is 0 Å². The minimum atomic E-state index is 0.782. The topological polar surface area (TPSA) is 6.48 Å². The molecule has 0 aromatic heterocycles. The van der Waals surface area contributed by atoms with Gasteiger partial charge >= 0.3 is 0 Å². The Morgan fingerprint density at radius 2 is 1.18 bits per heavy atom. The molecule has 0 aliphatic heterocycles. The average Bonchev–Trinajstić information content (AvgIpc) is 2.32. The maximum atomic E-state index is 2.36. The normalized spacial score (nSPS) is 32.2. The van der Waals surface area contributed by atoms with E-state index in [4.69, 9.17) is 0 Å². The zero-order chi connectivity index (χ0) is 8.43. The molecule has 0 aromatic carbocycles. The van der Waals surface area contributed by atoms with E-state index in [9.17, 15) is 0 Å². The van der Waals surface area contributed by atoms with Crippen LogP contribution >= 0.6 is 0 Å². The van der Waals surface area contributed by atoms with Crippen molar-refractivity contribution in [2.24, 2.45) is 0 Å². The molecule has 0 amide bonds. The summed E-state index contributed by atoms with van der Waals surface area (Å²) < 4.78 is 0. The number of nitrogens with zero attached hydrogens (tertiary/aromatic N) is 2. The Bertz CT molecular complexity index is 107. The maximum absolute atomic E-state index is 2.36. The Balaban J connectivity index is 2.51. The minimum absolute atomic E-state index is 0.782. The van der Waals surface area contributed by atoms with E-state index in [0.717, 1.165) is 12.1 Å². The number of hydrogen-bond donors (Lipinski definition) is 0. The second-order valence-corrected chi connectivity index (χ2v) is 3.99. The standard InChI is InChI=1S/C9H20N2/c1-10(2)8-6-5-7-9(8)11(3)4/h8-9H,5-7H2,1-4H3/t8-,9-/m0/s1. The highest BCUT2D eigenvalue weighted by atomic mass is 15.2. The van der Waals surface area contributed by atoms with Crippen LogP contribution in [0.2, 0.25) is 0 Å². The van der Waals surface area contributed by atoms with Crippen LogP contribution in [0.3, 0.4) is 0 Å². The highest BCUT2D eigenvalue weighted by molar-refractivity contribution is 4.87. The Morgan fingerprint density at radius 3 is 1.45 bits per heavy atom. The van der Waals surface area contributed by atoms with Crippen molar-refractivity contribution in [3.63, 3.8) is 0 Å². The van der Waals surface area contributed by atoms with Crippen LogP contribution < -0.4 is 0 Å². The van der Waals surface area contributed by atoms with Crippen molar-refractivity contribution in [2.75, 3.05) is 28.2 Å². The molecule has 0 saturated heterocycles. The number of likely N-dealkylation sites (N-methyl/N-ethyl adjacent to an activating group) is 2. The zero-order valence-corrected chi connectivity index (χ0v) is 8.17. The molecule has 0 radical (unpaired) electrons. The summed E-state index contributed by atoms with van der Waals surface area (Å²) in [5, 5.41) is 0. The molecule has 0 unspecified atom stereocenters. The highest BCUT2D eigenvalue weighted by Gasteiger charge is 2.29. The molecule has 0 spiro atoms. The van der Waals surface area contributed by atoms with Gasteiger partial charge in [0.1, 0.15) is 0 Å². The van der Waals surface area contributed by atoms with Crippen LogP contribution in [0.25, 0.3) is 0 Å².